The van der Waals surface area contributed by atoms with Crippen molar-refractivity contribution in [1.82, 2.24) is 4.98 Å². The van der Waals surface area contributed by atoms with Gasteiger partial charge in [0, 0.05) is 11.1 Å². The number of carbonyl (C=O) groups is 2. The summed E-state index contributed by atoms with van der Waals surface area (Å²) in [4.78, 5) is 28.1. The summed E-state index contributed by atoms with van der Waals surface area (Å²) in [7, 11) is 0. The second-order valence-corrected chi connectivity index (χ2v) is 6.86. The molecule has 2 rings (SSSR count). The number of hydrogen-bond donors (Lipinski definition) is 2. The van der Waals surface area contributed by atoms with Crippen molar-refractivity contribution in [2.45, 2.75) is 33.6 Å². The molecule has 0 aliphatic carbocycles. The Balaban J connectivity index is 1.88. The first-order valence-corrected chi connectivity index (χ1v) is 9.11. The van der Waals surface area contributed by atoms with Gasteiger partial charge in [-0.05, 0) is 24.0 Å². The molecule has 0 aliphatic heterocycles. The van der Waals surface area contributed by atoms with Gasteiger partial charge in [0.05, 0.1) is 18.7 Å². The van der Waals surface area contributed by atoms with E-state index in [9.17, 15) is 9.59 Å². The molecule has 0 radical (unpaired) electrons. The van der Waals surface area contributed by atoms with Crippen molar-refractivity contribution in [3.8, 4) is 0 Å². The minimum Gasteiger partial charge on any atom is -0.449 e. The molecule has 0 aliphatic rings. The molecule has 2 aromatic rings. The number of amides is 2. The molecule has 7 heteroatoms. The Bertz CT molecular complexity index is 728. The van der Waals surface area contributed by atoms with E-state index in [0.717, 1.165) is 17.7 Å². The fraction of sp³-hybridized carbons (Fsp3) is 0.389. The molecule has 0 bridgehead atoms. The largest absolute Gasteiger partial charge is 0.449 e. The third-order valence-corrected chi connectivity index (χ3v) is 4.13. The minimum absolute atomic E-state index is 0.139. The number of ether oxygens (including phenoxy) is 1. The van der Waals surface area contributed by atoms with Crippen LogP contribution in [0.5, 0.6) is 0 Å². The lowest BCUT2D eigenvalue weighted by Gasteiger charge is -2.08. The number of carbonyl (C=O) groups excluding carboxylic acids is 2. The van der Waals surface area contributed by atoms with E-state index in [1.54, 1.807) is 5.38 Å². The van der Waals surface area contributed by atoms with Gasteiger partial charge in [0.2, 0.25) is 5.91 Å². The van der Waals surface area contributed by atoms with Gasteiger partial charge < -0.3 is 10.1 Å². The fourth-order valence-corrected chi connectivity index (χ4v) is 2.82. The van der Waals surface area contributed by atoms with E-state index in [0.29, 0.717) is 17.4 Å². The number of thiazole rings is 1. The molecule has 25 heavy (non-hydrogen) atoms. The molecule has 0 atom stereocenters. The first-order valence-electron chi connectivity index (χ1n) is 8.23. The third kappa shape index (κ3) is 6.19. The molecule has 1 aromatic carbocycles. The van der Waals surface area contributed by atoms with Crippen molar-refractivity contribution < 1.29 is 14.3 Å². The maximum atomic E-state index is 12.2. The molecule has 0 unspecified atom stereocenters. The topological polar surface area (TPSA) is 80.3 Å². The molecule has 0 saturated carbocycles. The summed E-state index contributed by atoms with van der Waals surface area (Å²) in [5.41, 5.74) is 2.51. The number of rotatable bonds is 7. The van der Waals surface area contributed by atoms with Gasteiger partial charge >= 0.3 is 6.09 Å². The Kier molecular flexibility index (Phi) is 6.94. The lowest BCUT2D eigenvalue weighted by atomic mass is 10.1. The zero-order chi connectivity index (χ0) is 18.2. The molecule has 1 heterocycles. The molecular formula is C18H23N3O3S. The number of para-hydroxylation sites is 1. The number of benzene rings is 1. The predicted molar refractivity (Wildman–Crippen MR) is 100 cm³/mol. The molecule has 6 nitrogen and oxygen atoms in total. The average molecular weight is 361 g/mol. The summed E-state index contributed by atoms with van der Waals surface area (Å²) in [6.45, 7) is 6.32. The summed E-state index contributed by atoms with van der Waals surface area (Å²) in [6, 6.07) is 7.71. The maximum Gasteiger partial charge on any atom is 0.413 e. The summed E-state index contributed by atoms with van der Waals surface area (Å²) in [5, 5.41) is 7.65. The van der Waals surface area contributed by atoms with Crippen molar-refractivity contribution in [3.05, 3.63) is 40.9 Å². The second-order valence-electron chi connectivity index (χ2n) is 6.00. The van der Waals surface area contributed by atoms with Crippen molar-refractivity contribution in [1.29, 1.82) is 0 Å². The van der Waals surface area contributed by atoms with Gasteiger partial charge in [0.15, 0.2) is 5.13 Å². The highest BCUT2D eigenvalue weighted by Crippen LogP contribution is 2.18. The van der Waals surface area contributed by atoms with Gasteiger partial charge in [-0.2, -0.15) is 0 Å². The Morgan fingerprint density at radius 2 is 2.00 bits per heavy atom. The van der Waals surface area contributed by atoms with Gasteiger partial charge in [0.1, 0.15) is 0 Å². The van der Waals surface area contributed by atoms with Gasteiger partial charge in [-0.3, -0.25) is 10.1 Å². The van der Waals surface area contributed by atoms with E-state index in [1.165, 1.54) is 11.3 Å². The smallest absolute Gasteiger partial charge is 0.413 e. The van der Waals surface area contributed by atoms with Crippen LogP contribution < -0.4 is 10.6 Å². The van der Waals surface area contributed by atoms with E-state index < -0.39 is 6.09 Å². The summed E-state index contributed by atoms with van der Waals surface area (Å²) in [6.07, 6.45) is 0.465. The Labute approximate surface area is 151 Å². The van der Waals surface area contributed by atoms with Crippen LogP contribution in [0.2, 0.25) is 0 Å². The number of aromatic nitrogens is 1. The van der Waals surface area contributed by atoms with Crippen LogP contribution in [0, 0.1) is 5.92 Å². The number of anilines is 2. The molecule has 134 valence electrons. The van der Waals surface area contributed by atoms with E-state index >= 15 is 0 Å². The zero-order valence-corrected chi connectivity index (χ0v) is 15.5. The van der Waals surface area contributed by atoms with Crippen molar-refractivity contribution in [2.24, 2.45) is 5.92 Å². The quantitative estimate of drug-likeness (QED) is 0.778. The number of hydrogen-bond acceptors (Lipinski definition) is 5. The SMILES string of the molecule is CCc1ccccc1NC(=O)Cc1csc(NC(=O)OCC(C)C)n1. The van der Waals surface area contributed by atoms with Gasteiger partial charge in [-0.1, -0.05) is 39.0 Å². The predicted octanol–water partition coefficient (Wildman–Crippen LogP) is 4.09. The summed E-state index contributed by atoms with van der Waals surface area (Å²) < 4.78 is 5.04. The van der Waals surface area contributed by atoms with Crippen LogP contribution in [0.3, 0.4) is 0 Å². The van der Waals surface area contributed by atoms with Crippen LogP contribution in [-0.4, -0.2) is 23.6 Å². The molecule has 2 amide bonds. The normalized spacial score (nSPS) is 10.6. The van der Waals surface area contributed by atoms with E-state index in [1.807, 2.05) is 45.0 Å². The Hall–Kier alpha value is -2.41. The lowest BCUT2D eigenvalue weighted by Crippen LogP contribution is -2.17. The summed E-state index contributed by atoms with van der Waals surface area (Å²) >= 11 is 1.27. The van der Waals surface area contributed by atoms with Crippen molar-refractivity contribution in [3.63, 3.8) is 0 Å². The molecule has 0 saturated heterocycles. The van der Waals surface area contributed by atoms with E-state index in [2.05, 4.69) is 15.6 Å². The molecule has 0 spiro atoms. The van der Waals surface area contributed by atoms with Crippen LogP contribution in [0.25, 0.3) is 0 Å². The average Bonchev–Trinajstić information content (AvgIpc) is 3.00. The Morgan fingerprint density at radius 3 is 2.72 bits per heavy atom. The highest BCUT2D eigenvalue weighted by Gasteiger charge is 2.12. The highest BCUT2D eigenvalue weighted by molar-refractivity contribution is 7.13. The maximum absolute atomic E-state index is 12.2. The summed E-state index contributed by atoms with van der Waals surface area (Å²) in [5.74, 6) is 0.132. The molecule has 0 fully saturated rings. The fourth-order valence-electron chi connectivity index (χ4n) is 2.12. The van der Waals surface area contributed by atoms with Crippen molar-refractivity contribution >= 4 is 34.2 Å². The standard InChI is InChI=1S/C18H23N3O3S/c1-4-13-7-5-6-8-15(13)20-16(22)9-14-11-25-17(19-14)21-18(23)24-10-12(2)3/h5-8,11-12H,4,9-10H2,1-3H3,(H,20,22)(H,19,21,23). The first-order chi connectivity index (χ1) is 12.0. The van der Waals surface area contributed by atoms with Crippen LogP contribution in [-0.2, 0) is 22.4 Å². The van der Waals surface area contributed by atoms with Gasteiger partial charge in [-0.25, -0.2) is 9.78 Å². The number of nitrogens with one attached hydrogen (secondary N) is 2. The van der Waals surface area contributed by atoms with Gasteiger partial charge in [-0.15, -0.1) is 11.3 Å². The molecular weight excluding hydrogens is 338 g/mol. The van der Waals surface area contributed by atoms with Crippen LogP contribution in [0.15, 0.2) is 29.6 Å². The van der Waals surface area contributed by atoms with E-state index in [-0.39, 0.29) is 18.2 Å². The number of aryl methyl sites for hydroxylation is 1. The Morgan fingerprint density at radius 1 is 1.24 bits per heavy atom. The molecule has 1 aromatic heterocycles. The molecule has 2 N–H and O–H groups in total. The highest BCUT2D eigenvalue weighted by atomic mass is 32.1. The first kappa shape index (κ1) is 18.9. The minimum atomic E-state index is -0.532. The zero-order valence-electron chi connectivity index (χ0n) is 14.7. The van der Waals surface area contributed by atoms with E-state index in [4.69, 9.17) is 4.74 Å². The van der Waals surface area contributed by atoms with Crippen LogP contribution in [0.1, 0.15) is 32.0 Å². The lowest BCUT2D eigenvalue weighted by molar-refractivity contribution is -0.115. The monoisotopic (exact) mass is 361 g/mol. The second kappa shape index (κ2) is 9.17. The van der Waals surface area contributed by atoms with Crippen LogP contribution in [0.4, 0.5) is 15.6 Å². The van der Waals surface area contributed by atoms with Crippen molar-refractivity contribution in [2.75, 3.05) is 17.2 Å². The van der Waals surface area contributed by atoms with Crippen LogP contribution >= 0.6 is 11.3 Å². The van der Waals surface area contributed by atoms with Gasteiger partial charge in [0.25, 0.3) is 0 Å². The third-order valence-electron chi connectivity index (χ3n) is 3.32. The number of nitrogens with zero attached hydrogens (tertiary/aromatic N) is 1.